The molecule has 0 atom stereocenters. The van der Waals surface area contributed by atoms with Gasteiger partial charge in [-0.1, -0.05) is 11.2 Å². The summed E-state index contributed by atoms with van der Waals surface area (Å²) in [6.45, 7) is 0.302. The van der Waals surface area contributed by atoms with Gasteiger partial charge in [-0.15, -0.1) is 11.3 Å². The molecule has 0 radical (unpaired) electrons. The molecule has 3 heterocycles. The fourth-order valence-corrected chi connectivity index (χ4v) is 4.22. The Morgan fingerprint density at radius 3 is 2.82 bits per heavy atom. The molecule has 0 aliphatic heterocycles. The Labute approximate surface area is 131 Å². The Kier molecular flexibility index (Phi) is 4.32. The van der Waals surface area contributed by atoms with Gasteiger partial charge in [-0.2, -0.15) is 0 Å². The van der Waals surface area contributed by atoms with Crippen molar-refractivity contribution in [3.8, 4) is 10.6 Å². The highest BCUT2D eigenvalue weighted by atomic mass is 32.2. The summed E-state index contributed by atoms with van der Waals surface area (Å²) in [6, 6.07) is 10.5. The van der Waals surface area contributed by atoms with Crippen LogP contribution < -0.4 is 4.72 Å². The number of hydrogen-bond donors (Lipinski definition) is 1. The van der Waals surface area contributed by atoms with Crippen LogP contribution in [0.25, 0.3) is 10.6 Å². The number of nitrogens with one attached hydrogen (secondary N) is 1. The summed E-state index contributed by atoms with van der Waals surface area (Å²) < 4.78 is 32.1. The molecule has 0 spiro atoms. The molecule has 0 aliphatic rings. The van der Waals surface area contributed by atoms with E-state index < -0.39 is 10.0 Å². The first kappa shape index (κ1) is 14.9. The monoisotopic (exact) mass is 335 g/mol. The third kappa shape index (κ3) is 3.41. The van der Waals surface area contributed by atoms with Crippen LogP contribution in [0.1, 0.15) is 5.69 Å². The molecule has 0 saturated carbocycles. The van der Waals surface area contributed by atoms with Crippen molar-refractivity contribution in [1.82, 2.24) is 14.9 Å². The predicted octanol–water partition coefficient (Wildman–Crippen LogP) is 2.32. The van der Waals surface area contributed by atoms with Gasteiger partial charge in [-0.25, -0.2) is 13.1 Å². The minimum absolute atomic E-state index is 0.256. The second-order valence-electron chi connectivity index (χ2n) is 4.47. The SMILES string of the molecule is O=S(=O)(NCCc1ccccn1)c1ccc(-c2ccon2)s1. The molecule has 0 aliphatic carbocycles. The van der Waals surface area contributed by atoms with E-state index in [9.17, 15) is 8.42 Å². The van der Waals surface area contributed by atoms with E-state index in [4.69, 9.17) is 4.52 Å². The minimum atomic E-state index is -3.52. The molecule has 0 saturated heterocycles. The number of nitrogens with zero attached hydrogens (tertiary/aromatic N) is 2. The van der Waals surface area contributed by atoms with Crippen LogP contribution >= 0.6 is 11.3 Å². The fraction of sp³-hybridized carbons (Fsp3) is 0.143. The summed E-state index contributed by atoms with van der Waals surface area (Å²) in [7, 11) is -3.52. The molecular formula is C14H13N3O3S2. The quantitative estimate of drug-likeness (QED) is 0.747. The van der Waals surface area contributed by atoms with Crippen molar-refractivity contribution < 1.29 is 12.9 Å². The van der Waals surface area contributed by atoms with Crippen molar-refractivity contribution in [2.75, 3.05) is 6.54 Å². The molecule has 22 heavy (non-hydrogen) atoms. The minimum Gasteiger partial charge on any atom is -0.364 e. The van der Waals surface area contributed by atoms with Gasteiger partial charge in [0.15, 0.2) is 0 Å². The lowest BCUT2D eigenvalue weighted by atomic mass is 10.3. The molecule has 0 unspecified atom stereocenters. The van der Waals surface area contributed by atoms with Crippen LogP contribution in [0.15, 0.2) is 57.6 Å². The van der Waals surface area contributed by atoms with E-state index in [2.05, 4.69) is 14.9 Å². The van der Waals surface area contributed by atoms with Gasteiger partial charge in [0.2, 0.25) is 10.0 Å². The lowest BCUT2D eigenvalue weighted by Gasteiger charge is -2.04. The number of sulfonamides is 1. The Morgan fingerprint density at radius 2 is 2.09 bits per heavy atom. The number of rotatable bonds is 6. The summed E-state index contributed by atoms with van der Waals surface area (Å²) in [4.78, 5) is 4.91. The smallest absolute Gasteiger partial charge is 0.250 e. The zero-order chi connectivity index (χ0) is 15.4. The van der Waals surface area contributed by atoms with Crippen LogP contribution in [0.2, 0.25) is 0 Å². The number of pyridine rings is 1. The molecule has 114 valence electrons. The van der Waals surface area contributed by atoms with Gasteiger partial charge < -0.3 is 4.52 Å². The molecule has 0 aromatic carbocycles. The Bertz CT molecular complexity index is 827. The van der Waals surface area contributed by atoms with Crippen LogP contribution in [-0.4, -0.2) is 25.1 Å². The lowest BCUT2D eigenvalue weighted by molar-refractivity contribution is 0.422. The topological polar surface area (TPSA) is 85.1 Å². The standard InChI is InChI=1S/C14H13N3O3S2/c18-22(19,16-9-6-11-3-1-2-8-15-11)14-5-4-13(21-14)12-7-10-20-17-12/h1-5,7-8,10,16H,6,9H2. The maximum absolute atomic E-state index is 12.2. The first-order chi connectivity index (χ1) is 10.6. The maximum atomic E-state index is 12.2. The average Bonchev–Trinajstić information content (AvgIpc) is 3.19. The van der Waals surface area contributed by atoms with Crippen LogP contribution in [0.4, 0.5) is 0 Å². The van der Waals surface area contributed by atoms with Crippen LogP contribution in [0, 0.1) is 0 Å². The Morgan fingerprint density at radius 1 is 1.18 bits per heavy atom. The van der Waals surface area contributed by atoms with E-state index in [-0.39, 0.29) is 4.21 Å². The summed E-state index contributed by atoms with van der Waals surface area (Å²) in [5.41, 5.74) is 1.47. The molecule has 3 aromatic heterocycles. The van der Waals surface area contributed by atoms with Gasteiger partial charge in [0, 0.05) is 30.9 Å². The van der Waals surface area contributed by atoms with E-state index in [0.717, 1.165) is 21.9 Å². The summed E-state index contributed by atoms with van der Waals surface area (Å²) in [6.07, 6.45) is 3.68. The Balaban J connectivity index is 1.66. The highest BCUT2D eigenvalue weighted by Gasteiger charge is 2.17. The number of aromatic nitrogens is 2. The summed E-state index contributed by atoms with van der Waals surface area (Å²) >= 11 is 1.16. The maximum Gasteiger partial charge on any atom is 0.250 e. The fourth-order valence-electron chi connectivity index (χ4n) is 1.87. The molecule has 1 N–H and O–H groups in total. The first-order valence-corrected chi connectivity index (χ1v) is 8.85. The van der Waals surface area contributed by atoms with Gasteiger partial charge in [0.05, 0.1) is 4.88 Å². The van der Waals surface area contributed by atoms with Crippen molar-refractivity contribution in [1.29, 1.82) is 0 Å². The molecule has 6 nitrogen and oxygen atoms in total. The van der Waals surface area contributed by atoms with E-state index >= 15 is 0 Å². The van der Waals surface area contributed by atoms with Gasteiger partial charge in [0.1, 0.15) is 16.2 Å². The van der Waals surface area contributed by atoms with Crippen LogP contribution in [-0.2, 0) is 16.4 Å². The zero-order valence-electron chi connectivity index (χ0n) is 11.5. The van der Waals surface area contributed by atoms with Gasteiger partial charge >= 0.3 is 0 Å². The predicted molar refractivity (Wildman–Crippen MR) is 82.9 cm³/mol. The normalized spacial score (nSPS) is 11.6. The van der Waals surface area contributed by atoms with E-state index in [1.807, 2.05) is 18.2 Å². The summed E-state index contributed by atoms with van der Waals surface area (Å²) in [5, 5.41) is 3.80. The highest BCUT2D eigenvalue weighted by Crippen LogP contribution is 2.29. The number of thiophene rings is 1. The van der Waals surface area contributed by atoms with Gasteiger partial charge in [-0.3, -0.25) is 4.98 Å². The Hall–Kier alpha value is -2.03. The van der Waals surface area contributed by atoms with Gasteiger partial charge in [0.25, 0.3) is 0 Å². The van der Waals surface area contributed by atoms with Crippen LogP contribution in [0.3, 0.4) is 0 Å². The first-order valence-electron chi connectivity index (χ1n) is 6.55. The number of hydrogen-bond acceptors (Lipinski definition) is 6. The molecule has 0 amide bonds. The van der Waals surface area contributed by atoms with E-state index in [0.29, 0.717) is 18.7 Å². The second kappa shape index (κ2) is 6.39. The van der Waals surface area contributed by atoms with E-state index in [1.165, 1.54) is 6.26 Å². The van der Waals surface area contributed by atoms with Crippen molar-refractivity contribution in [3.63, 3.8) is 0 Å². The molecule has 0 fully saturated rings. The van der Waals surface area contributed by atoms with Gasteiger partial charge in [-0.05, 0) is 24.3 Å². The summed E-state index contributed by atoms with van der Waals surface area (Å²) in [5.74, 6) is 0. The van der Waals surface area contributed by atoms with Crippen molar-refractivity contribution in [2.24, 2.45) is 0 Å². The largest absolute Gasteiger partial charge is 0.364 e. The molecule has 3 rings (SSSR count). The third-order valence-electron chi connectivity index (χ3n) is 2.94. The second-order valence-corrected chi connectivity index (χ2v) is 7.55. The molecule has 8 heteroatoms. The van der Waals surface area contributed by atoms with Crippen molar-refractivity contribution in [3.05, 3.63) is 54.6 Å². The van der Waals surface area contributed by atoms with Crippen LogP contribution in [0.5, 0.6) is 0 Å². The third-order valence-corrected chi connectivity index (χ3v) is 6.00. The van der Waals surface area contributed by atoms with Crippen molar-refractivity contribution in [2.45, 2.75) is 10.6 Å². The molecule has 3 aromatic rings. The van der Waals surface area contributed by atoms with E-state index in [1.54, 1.807) is 24.4 Å². The average molecular weight is 335 g/mol. The lowest BCUT2D eigenvalue weighted by Crippen LogP contribution is -2.25. The zero-order valence-corrected chi connectivity index (χ0v) is 13.1. The highest BCUT2D eigenvalue weighted by molar-refractivity contribution is 7.91. The molecular weight excluding hydrogens is 322 g/mol. The van der Waals surface area contributed by atoms with Crippen molar-refractivity contribution >= 4 is 21.4 Å². The molecule has 0 bridgehead atoms.